The normalized spacial score (nSPS) is 11.1. The third kappa shape index (κ3) is 4.79. The highest BCUT2D eigenvalue weighted by Gasteiger charge is 2.10. The minimum atomic E-state index is -3.49. The number of nitrogens with zero attached hydrogens (tertiary/aromatic N) is 1. The highest BCUT2D eigenvalue weighted by Crippen LogP contribution is 2.05. The average molecular weight is 258 g/mol. The van der Waals surface area contributed by atoms with Crippen LogP contribution in [0, 0.1) is 0 Å². The summed E-state index contributed by atoms with van der Waals surface area (Å²) < 4.78 is 21.3. The van der Waals surface area contributed by atoms with E-state index >= 15 is 0 Å². The molecule has 1 amide bonds. The molecule has 0 bridgehead atoms. The Bertz CT molecular complexity index is 501. The maximum absolute atomic E-state index is 11.6. The van der Waals surface area contributed by atoms with Gasteiger partial charge in [0.05, 0.1) is 11.4 Å². The third-order valence-corrected chi connectivity index (χ3v) is 2.80. The van der Waals surface area contributed by atoms with Crippen LogP contribution < -0.4 is 16.2 Å². The molecule has 1 rings (SSSR count). The molecular weight excluding hydrogens is 244 g/mol. The summed E-state index contributed by atoms with van der Waals surface area (Å²) in [5.41, 5.74) is 5.96. The highest BCUT2D eigenvalue weighted by molar-refractivity contribution is 7.89. The van der Waals surface area contributed by atoms with Crippen LogP contribution in [0.2, 0.25) is 0 Å². The van der Waals surface area contributed by atoms with Crippen molar-refractivity contribution in [2.75, 3.05) is 18.0 Å². The predicted molar refractivity (Wildman–Crippen MR) is 63.6 cm³/mol. The molecular formula is C9H14N4O3S. The zero-order valence-corrected chi connectivity index (χ0v) is 9.90. The van der Waals surface area contributed by atoms with Gasteiger partial charge in [0.1, 0.15) is 0 Å². The molecule has 0 aliphatic rings. The van der Waals surface area contributed by atoms with E-state index in [1.165, 1.54) is 6.20 Å². The fourth-order valence-electron chi connectivity index (χ4n) is 1.17. The number of amides is 1. The third-order valence-electron chi connectivity index (χ3n) is 1.95. The molecule has 1 aromatic rings. The van der Waals surface area contributed by atoms with Gasteiger partial charge in [0, 0.05) is 12.7 Å². The van der Waals surface area contributed by atoms with Gasteiger partial charge in [0.15, 0.2) is 5.69 Å². The van der Waals surface area contributed by atoms with Crippen molar-refractivity contribution in [3.63, 3.8) is 0 Å². The number of nitrogens with two attached hydrogens (primary N) is 2. The van der Waals surface area contributed by atoms with Crippen LogP contribution in [0.15, 0.2) is 18.3 Å². The number of hydrogen-bond acceptors (Lipinski definition) is 5. The molecule has 0 aliphatic heterocycles. The minimum Gasteiger partial charge on any atom is -0.397 e. The molecule has 0 fully saturated rings. The Kier molecular flexibility index (Phi) is 4.41. The van der Waals surface area contributed by atoms with E-state index in [1.807, 2.05) is 0 Å². The number of anilines is 1. The summed E-state index contributed by atoms with van der Waals surface area (Å²) in [6.45, 7) is 0.200. The van der Waals surface area contributed by atoms with E-state index in [2.05, 4.69) is 10.3 Å². The maximum atomic E-state index is 11.6. The molecule has 0 aliphatic carbocycles. The zero-order valence-electron chi connectivity index (χ0n) is 9.09. The standard InChI is InChI=1S/C9H14N4O3S/c10-7-3-1-4-12-8(7)9(14)13-5-2-6-17(11,15)16/h1,3-4H,2,5-6,10H2,(H,13,14)(H2,11,15,16). The summed E-state index contributed by atoms with van der Waals surface area (Å²) in [7, 11) is -3.49. The number of pyridine rings is 1. The lowest BCUT2D eigenvalue weighted by Gasteiger charge is -2.05. The van der Waals surface area contributed by atoms with Gasteiger partial charge in [-0.2, -0.15) is 0 Å². The second-order valence-electron chi connectivity index (χ2n) is 3.42. The maximum Gasteiger partial charge on any atom is 0.272 e. The van der Waals surface area contributed by atoms with Gasteiger partial charge in [-0.05, 0) is 18.6 Å². The Labute approximate surface area is 99.3 Å². The van der Waals surface area contributed by atoms with E-state index in [0.717, 1.165) is 0 Å². The lowest BCUT2D eigenvalue weighted by Crippen LogP contribution is -2.28. The van der Waals surface area contributed by atoms with Crippen LogP contribution in [-0.4, -0.2) is 31.6 Å². The van der Waals surface area contributed by atoms with Crippen molar-refractivity contribution >= 4 is 21.6 Å². The lowest BCUT2D eigenvalue weighted by molar-refractivity contribution is 0.0949. The smallest absolute Gasteiger partial charge is 0.272 e. The summed E-state index contributed by atoms with van der Waals surface area (Å²) in [4.78, 5) is 15.4. The molecule has 0 spiro atoms. The predicted octanol–water partition coefficient (Wildman–Crippen LogP) is -0.928. The van der Waals surface area contributed by atoms with Crippen LogP contribution in [0.25, 0.3) is 0 Å². The molecule has 0 radical (unpaired) electrons. The van der Waals surface area contributed by atoms with Gasteiger partial charge in [-0.15, -0.1) is 0 Å². The van der Waals surface area contributed by atoms with E-state index in [9.17, 15) is 13.2 Å². The summed E-state index contributed by atoms with van der Waals surface area (Å²) >= 11 is 0. The van der Waals surface area contributed by atoms with Gasteiger partial charge in [-0.25, -0.2) is 18.5 Å². The van der Waals surface area contributed by atoms with Gasteiger partial charge in [-0.3, -0.25) is 4.79 Å². The lowest BCUT2D eigenvalue weighted by atomic mass is 10.3. The Hall–Kier alpha value is -1.67. The molecule has 5 N–H and O–H groups in total. The fourth-order valence-corrected chi connectivity index (χ4v) is 1.71. The first-order chi connectivity index (χ1) is 7.90. The van der Waals surface area contributed by atoms with Gasteiger partial charge >= 0.3 is 0 Å². The van der Waals surface area contributed by atoms with Gasteiger partial charge in [-0.1, -0.05) is 0 Å². The summed E-state index contributed by atoms with van der Waals surface area (Å²) in [6.07, 6.45) is 1.70. The first-order valence-corrected chi connectivity index (χ1v) is 6.61. The topological polar surface area (TPSA) is 128 Å². The summed E-state index contributed by atoms with van der Waals surface area (Å²) in [5.74, 6) is -0.608. The van der Waals surface area contributed by atoms with Crippen molar-refractivity contribution in [2.24, 2.45) is 5.14 Å². The number of sulfonamides is 1. The van der Waals surface area contributed by atoms with E-state index in [4.69, 9.17) is 10.9 Å². The molecule has 0 saturated heterocycles. The first-order valence-electron chi connectivity index (χ1n) is 4.89. The Morgan fingerprint density at radius 2 is 2.18 bits per heavy atom. The number of carbonyl (C=O) groups is 1. The number of nitrogen functional groups attached to an aromatic ring is 1. The number of primary sulfonamides is 1. The van der Waals surface area contributed by atoms with E-state index in [1.54, 1.807) is 12.1 Å². The zero-order chi connectivity index (χ0) is 12.9. The Morgan fingerprint density at radius 3 is 2.76 bits per heavy atom. The average Bonchev–Trinajstić information content (AvgIpc) is 2.23. The molecule has 0 unspecified atom stereocenters. The molecule has 0 atom stereocenters. The van der Waals surface area contributed by atoms with Crippen molar-refractivity contribution in [1.82, 2.24) is 10.3 Å². The molecule has 8 heteroatoms. The van der Waals surface area contributed by atoms with E-state index < -0.39 is 15.9 Å². The number of hydrogen-bond donors (Lipinski definition) is 3. The van der Waals surface area contributed by atoms with Crippen molar-refractivity contribution < 1.29 is 13.2 Å². The summed E-state index contributed by atoms with van der Waals surface area (Å²) in [5, 5.41) is 7.33. The quantitative estimate of drug-likeness (QED) is 0.588. The molecule has 94 valence electrons. The molecule has 17 heavy (non-hydrogen) atoms. The largest absolute Gasteiger partial charge is 0.397 e. The van der Waals surface area contributed by atoms with E-state index in [-0.39, 0.29) is 30.1 Å². The second-order valence-corrected chi connectivity index (χ2v) is 5.15. The SMILES string of the molecule is Nc1cccnc1C(=O)NCCCS(N)(=O)=O. The molecule has 1 aromatic heterocycles. The second kappa shape index (κ2) is 5.60. The van der Waals surface area contributed by atoms with Crippen LogP contribution in [0.1, 0.15) is 16.9 Å². The van der Waals surface area contributed by atoms with E-state index in [0.29, 0.717) is 0 Å². The minimum absolute atomic E-state index is 0.128. The van der Waals surface area contributed by atoms with Gasteiger partial charge in [0.25, 0.3) is 5.91 Å². The number of nitrogens with one attached hydrogen (secondary N) is 1. The van der Waals surface area contributed by atoms with Crippen LogP contribution in [-0.2, 0) is 10.0 Å². The van der Waals surface area contributed by atoms with Gasteiger partial charge in [0.2, 0.25) is 10.0 Å². The van der Waals surface area contributed by atoms with Crippen molar-refractivity contribution in [3.8, 4) is 0 Å². The van der Waals surface area contributed by atoms with Crippen LogP contribution >= 0.6 is 0 Å². The Balaban J connectivity index is 2.44. The van der Waals surface area contributed by atoms with Crippen molar-refractivity contribution in [3.05, 3.63) is 24.0 Å². The molecule has 7 nitrogen and oxygen atoms in total. The molecule has 1 heterocycles. The number of aromatic nitrogens is 1. The Morgan fingerprint density at radius 1 is 1.47 bits per heavy atom. The molecule has 0 aromatic carbocycles. The van der Waals surface area contributed by atoms with Crippen molar-refractivity contribution in [2.45, 2.75) is 6.42 Å². The summed E-state index contributed by atoms with van der Waals surface area (Å²) in [6, 6.07) is 3.18. The van der Waals surface area contributed by atoms with Crippen LogP contribution in [0.4, 0.5) is 5.69 Å². The van der Waals surface area contributed by atoms with Crippen molar-refractivity contribution in [1.29, 1.82) is 0 Å². The fraction of sp³-hybridized carbons (Fsp3) is 0.333. The van der Waals surface area contributed by atoms with Crippen LogP contribution in [0.5, 0.6) is 0 Å². The first kappa shape index (κ1) is 13.4. The molecule has 0 saturated carbocycles. The number of rotatable bonds is 5. The van der Waals surface area contributed by atoms with Crippen LogP contribution in [0.3, 0.4) is 0 Å². The monoisotopic (exact) mass is 258 g/mol. The van der Waals surface area contributed by atoms with Gasteiger partial charge < -0.3 is 11.1 Å². The highest BCUT2D eigenvalue weighted by atomic mass is 32.2. The number of carbonyl (C=O) groups excluding carboxylic acids is 1.